The number of halogens is 1. The molecule has 0 amide bonds. The molecule has 0 saturated carbocycles. The van der Waals surface area contributed by atoms with Crippen molar-refractivity contribution in [3.8, 4) is 5.75 Å². The van der Waals surface area contributed by atoms with Crippen molar-refractivity contribution in [2.45, 2.75) is 6.92 Å². The van der Waals surface area contributed by atoms with Gasteiger partial charge in [-0.05, 0) is 25.1 Å². The molecule has 6 heteroatoms. The van der Waals surface area contributed by atoms with Crippen LogP contribution in [0.25, 0.3) is 0 Å². The molecule has 0 aliphatic carbocycles. The molecule has 5 nitrogen and oxygen atoms in total. The van der Waals surface area contributed by atoms with Gasteiger partial charge in [0.05, 0.1) is 19.4 Å². The Morgan fingerprint density at radius 1 is 1.56 bits per heavy atom. The van der Waals surface area contributed by atoms with E-state index >= 15 is 0 Å². The van der Waals surface area contributed by atoms with Gasteiger partial charge in [-0.3, -0.25) is 0 Å². The molecule has 1 aromatic rings. The van der Waals surface area contributed by atoms with Gasteiger partial charge in [0.25, 0.3) is 0 Å². The van der Waals surface area contributed by atoms with Crippen LogP contribution >= 0.6 is 15.9 Å². The Labute approximate surface area is 114 Å². The Morgan fingerprint density at radius 3 is 2.89 bits per heavy atom. The Balaban J connectivity index is 2.79. The van der Waals surface area contributed by atoms with E-state index in [1.165, 1.54) is 6.20 Å². The zero-order valence-electron chi connectivity index (χ0n) is 10.2. The SMILES string of the molecule is CCOC(=O)/C(N)=C/Nc1ccc(Br)cc1OC. The van der Waals surface area contributed by atoms with Gasteiger partial charge in [-0.1, -0.05) is 15.9 Å². The number of nitrogens with one attached hydrogen (secondary N) is 1. The van der Waals surface area contributed by atoms with Crippen LogP contribution in [0.3, 0.4) is 0 Å². The van der Waals surface area contributed by atoms with Gasteiger partial charge in [0, 0.05) is 10.7 Å². The summed E-state index contributed by atoms with van der Waals surface area (Å²) in [5, 5.41) is 2.90. The zero-order valence-corrected chi connectivity index (χ0v) is 11.8. The molecule has 0 spiro atoms. The number of nitrogens with two attached hydrogens (primary N) is 1. The second-order valence-corrected chi connectivity index (χ2v) is 4.22. The van der Waals surface area contributed by atoms with E-state index in [4.69, 9.17) is 15.2 Å². The molecule has 1 aromatic carbocycles. The molecule has 0 saturated heterocycles. The van der Waals surface area contributed by atoms with Crippen LogP contribution in [0, 0.1) is 0 Å². The normalized spacial score (nSPS) is 10.9. The molecule has 0 atom stereocenters. The molecule has 1 rings (SSSR count). The number of carbonyl (C=O) groups is 1. The van der Waals surface area contributed by atoms with Gasteiger partial charge in [-0.25, -0.2) is 4.79 Å². The minimum absolute atomic E-state index is 0.00169. The third-order valence-corrected chi connectivity index (χ3v) is 2.55. The van der Waals surface area contributed by atoms with Gasteiger partial charge in [-0.2, -0.15) is 0 Å². The first-order valence-corrected chi connectivity index (χ1v) is 6.10. The predicted octanol–water partition coefficient (Wildman–Crippen LogP) is 2.23. The molecule has 0 unspecified atom stereocenters. The van der Waals surface area contributed by atoms with Crippen molar-refractivity contribution in [1.29, 1.82) is 0 Å². The summed E-state index contributed by atoms with van der Waals surface area (Å²) in [5.74, 6) is 0.0818. The van der Waals surface area contributed by atoms with E-state index in [9.17, 15) is 4.79 Å². The van der Waals surface area contributed by atoms with Gasteiger partial charge >= 0.3 is 5.97 Å². The number of carbonyl (C=O) groups excluding carboxylic acids is 1. The van der Waals surface area contributed by atoms with Crippen LogP contribution in [-0.2, 0) is 9.53 Å². The molecule has 0 bridgehead atoms. The number of anilines is 1. The smallest absolute Gasteiger partial charge is 0.355 e. The molecular formula is C12H15BrN2O3. The lowest BCUT2D eigenvalue weighted by atomic mass is 10.3. The summed E-state index contributed by atoms with van der Waals surface area (Å²) < 4.78 is 10.8. The molecule has 0 heterocycles. The van der Waals surface area contributed by atoms with Crippen LogP contribution in [0.1, 0.15) is 6.92 Å². The van der Waals surface area contributed by atoms with Gasteiger partial charge in [-0.15, -0.1) is 0 Å². The van der Waals surface area contributed by atoms with Crippen LogP contribution in [0.5, 0.6) is 5.75 Å². The average Bonchev–Trinajstić information content (AvgIpc) is 2.37. The first-order valence-electron chi connectivity index (χ1n) is 5.31. The summed E-state index contributed by atoms with van der Waals surface area (Å²) in [6.07, 6.45) is 1.38. The maximum absolute atomic E-state index is 11.3. The standard InChI is InChI=1S/C12H15BrN2O3/c1-3-18-12(16)9(14)7-15-10-5-4-8(13)6-11(10)17-2/h4-7,15H,3,14H2,1-2H3/b9-7-. The van der Waals surface area contributed by atoms with Crippen LogP contribution in [0.4, 0.5) is 5.69 Å². The lowest BCUT2D eigenvalue weighted by molar-refractivity contribution is -0.138. The first kappa shape index (κ1) is 14.4. The highest BCUT2D eigenvalue weighted by Gasteiger charge is 2.06. The van der Waals surface area contributed by atoms with Gasteiger partial charge < -0.3 is 20.5 Å². The Kier molecular flexibility index (Phi) is 5.51. The number of benzene rings is 1. The summed E-state index contributed by atoms with van der Waals surface area (Å²) >= 11 is 3.34. The summed E-state index contributed by atoms with van der Waals surface area (Å²) in [7, 11) is 1.56. The summed E-state index contributed by atoms with van der Waals surface area (Å²) in [6.45, 7) is 2.01. The minimum Gasteiger partial charge on any atom is -0.495 e. The van der Waals surface area contributed by atoms with Crippen molar-refractivity contribution in [1.82, 2.24) is 0 Å². The summed E-state index contributed by atoms with van der Waals surface area (Å²) in [6, 6.07) is 5.45. The highest BCUT2D eigenvalue weighted by Crippen LogP contribution is 2.27. The molecule has 0 fully saturated rings. The van der Waals surface area contributed by atoms with E-state index in [0.717, 1.165) is 4.47 Å². The van der Waals surface area contributed by atoms with Crippen molar-refractivity contribution in [2.24, 2.45) is 5.73 Å². The highest BCUT2D eigenvalue weighted by molar-refractivity contribution is 9.10. The Hall–Kier alpha value is -1.69. The molecule has 98 valence electrons. The van der Waals surface area contributed by atoms with Crippen molar-refractivity contribution in [3.63, 3.8) is 0 Å². The second-order valence-electron chi connectivity index (χ2n) is 3.31. The van der Waals surface area contributed by atoms with E-state index < -0.39 is 5.97 Å². The monoisotopic (exact) mass is 314 g/mol. The Bertz CT molecular complexity index is 461. The number of ether oxygens (including phenoxy) is 2. The van der Waals surface area contributed by atoms with Crippen LogP contribution in [-0.4, -0.2) is 19.7 Å². The van der Waals surface area contributed by atoms with E-state index in [-0.39, 0.29) is 12.3 Å². The zero-order chi connectivity index (χ0) is 13.5. The molecule has 0 aliphatic heterocycles. The van der Waals surface area contributed by atoms with Crippen LogP contribution in [0.15, 0.2) is 34.6 Å². The minimum atomic E-state index is -0.555. The van der Waals surface area contributed by atoms with E-state index in [0.29, 0.717) is 11.4 Å². The molecule has 18 heavy (non-hydrogen) atoms. The number of methoxy groups -OCH3 is 1. The van der Waals surface area contributed by atoms with E-state index in [1.54, 1.807) is 26.2 Å². The number of esters is 1. The van der Waals surface area contributed by atoms with Gasteiger partial charge in [0.15, 0.2) is 0 Å². The van der Waals surface area contributed by atoms with E-state index in [1.807, 2.05) is 6.07 Å². The molecular weight excluding hydrogens is 300 g/mol. The van der Waals surface area contributed by atoms with Crippen molar-refractivity contribution in [3.05, 3.63) is 34.6 Å². The van der Waals surface area contributed by atoms with Crippen molar-refractivity contribution >= 4 is 27.6 Å². The third kappa shape index (κ3) is 3.96. The maximum atomic E-state index is 11.3. The summed E-state index contributed by atoms with van der Waals surface area (Å²) in [5.41, 5.74) is 6.25. The second kappa shape index (κ2) is 6.90. The number of hydrogen-bond acceptors (Lipinski definition) is 5. The van der Waals surface area contributed by atoms with Crippen LogP contribution < -0.4 is 15.8 Å². The average molecular weight is 315 g/mol. The Morgan fingerprint density at radius 2 is 2.28 bits per heavy atom. The molecule has 0 radical (unpaired) electrons. The maximum Gasteiger partial charge on any atom is 0.355 e. The number of rotatable bonds is 5. The fourth-order valence-electron chi connectivity index (χ4n) is 1.21. The lowest BCUT2D eigenvalue weighted by Gasteiger charge is -2.09. The van der Waals surface area contributed by atoms with Crippen LogP contribution in [0.2, 0.25) is 0 Å². The first-order chi connectivity index (χ1) is 8.58. The summed E-state index contributed by atoms with van der Waals surface area (Å²) in [4.78, 5) is 11.3. The fourth-order valence-corrected chi connectivity index (χ4v) is 1.55. The van der Waals surface area contributed by atoms with Crippen molar-refractivity contribution in [2.75, 3.05) is 19.0 Å². The topological polar surface area (TPSA) is 73.6 Å². The quantitative estimate of drug-likeness (QED) is 0.644. The van der Waals surface area contributed by atoms with Crippen molar-refractivity contribution < 1.29 is 14.3 Å². The van der Waals surface area contributed by atoms with Gasteiger partial charge in [0.1, 0.15) is 11.4 Å². The lowest BCUT2D eigenvalue weighted by Crippen LogP contribution is -2.16. The van der Waals surface area contributed by atoms with E-state index in [2.05, 4.69) is 21.2 Å². The van der Waals surface area contributed by atoms with Gasteiger partial charge in [0.2, 0.25) is 0 Å². The molecule has 3 N–H and O–H groups in total. The molecule has 0 aliphatic rings. The fraction of sp³-hybridized carbons (Fsp3) is 0.250. The number of hydrogen-bond donors (Lipinski definition) is 2. The third-order valence-electron chi connectivity index (χ3n) is 2.06. The largest absolute Gasteiger partial charge is 0.495 e. The highest BCUT2D eigenvalue weighted by atomic mass is 79.9. The molecule has 0 aromatic heterocycles. The predicted molar refractivity (Wildman–Crippen MR) is 73.2 cm³/mol.